The quantitative estimate of drug-likeness (QED) is 0.536. The van der Waals surface area contributed by atoms with Crippen LogP contribution < -0.4 is 15.8 Å². The number of rotatable bonds is 5. The molecule has 2 aromatic carbocycles. The van der Waals surface area contributed by atoms with E-state index in [0.29, 0.717) is 10.8 Å². The number of hydrogen-bond acceptors (Lipinski definition) is 6. The summed E-state index contributed by atoms with van der Waals surface area (Å²) in [7, 11) is 0. The molecule has 0 saturated carbocycles. The summed E-state index contributed by atoms with van der Waals surface area (Å²) in [6.45, 7) is 2.06. The Balaban J connectivity index is 1.46. The summed E-state index contributed by atoms with van der Waals surface area (Å²) in [4.78, 5) is 30.7. The highest BCUT2D eigenvalue weighted by atomic mass is 32.1. The van der Waals surface area contributed by atoms with E-state index in [-0.39, 0.29) is 18.2 Å². The van der Waals surface area contributed by atoms with Gasteiger partial charge in [-0.05, 0) is 36.2 Å². The SMILES string of the molecule is CCc1ccc(N2C(=O)C[C@@H](NNc3nc4ccccc4s3)C2=O)cc1. The molecule has 2 amide bonds. The average molecular weight is 366 g/mol. The summed E-state index contributed by atoms with van der Waals surface area (Å²) in [5.74, 6) is -0.462. The van der Waals surface area contributed by atoms with Crippen LogP contribution in [-0.2, 0) is 16.0 Å². The molecular weight excluding hydrogens is 348 g/mol. The number of carbonyl (C=O) groups is 2. The highest BCUT2D eigenvalue weighted by Gasteiger charge is 2.39. The molecule has 1 aromatic heterocycles. The van der Waals surface area contributed by atoms with Crippen LogP contribution in [-0.4, -0.2) is 22.8 Å². The number of nitrogens with zero attached hydrogens (tertiary/aromatic N) is 2. The molecule has 2 N–H and O–H groups in total. The van der Waals surface area contributed by atoms with E-state index in [1.165, 1.54) is 21.8 Å². The second-order valence-electron chi connectivity index (χ2n) is 6.10. The molecule has 0 radical (unpaired) electrons. The Hall–Kier alpha value is -2.77. The number of aromatic nitrogens is 1. The molecule has 132 valence electrons. The summed E-state index contributed by atoms with van der Waals surface area (Å²) < 4.78 is 1.06. The molecular formula is C19H18N4O2S. The Morgan fingerprint density at radius 2 is 1.92 bits per heavy atom. The lowest BCUT2D eigenvalue weighted by Crippen LogP contribution is -2.41. The Kier molecular flexibility index (Phi) is 4.40. The zero-order valence-corrected chi connectivity index (χ0v) is 15.0. The topological polar surface area (TPSA) is 74.3 Å². The van der Waals surface area contributed by atoms with Crippen molar-refractivity contribution in [3.05, 3.63) is 54.1 Å². The molecule has 0 aliphatic carbocycles. The van der Waals surface area contributed by atoms with Crippen LogP contribution in [0.2, 0.25) is 0 Å². The number of hydrogen-bond donors (Lipinski definition) is 2. The molecule has 0 unspecified atom stereocenters. The van der Waals surface area contributed by atoms with E-state index < -0.39 is 6.04 Å². The summed E-state index contributed by atoms with van der Waals surface area (Å²) in [6.07, 6.45) is 1.03. The predicted molar refractivity (Wildman–Crippen MR) is 103 cm³/mol. The second-order valence-corrected chi connectivity index (χ2v) is 7.13. The smallest absolute Gasteiger partial charge is 0.253 e. The van der Waals surface area contributed by atoms with E-state index in [2.05, 4.69) is 22.8 Å². The van der Waals surface area contributed by atoms with Crippen LogP contribution >= 0.6 is 11.3 Å². The van der Waals surface area contributed by atoms with Gasteiger partial charge in [-0.3, -0.25) is 15.0 Å². The van der Waals surface area contributed by atoms with Crippen LogP contribution in [0.15, 0.2) is 48.5 Å². The normalized spacial score (nSPS) is 17.3. The number of aryl methyl sites for hydroxylation is 1. The molecule has 6 nitrogen and oxygen atoms in total. The van der Waals surface area contributed by atoms with Gasteiger partial charge in [0.15, 0.2) is 5.13 Å². The first-order valence-electron chi connectivity index (χ1n) is 8.48. The van der Waals surface area contributed by atoms with Gasteiger partial charge in [-0.1, -0.05) is 42.5 Å². The minimum Gasteiger partial charge on any atom is -0.296 e. The maximum atomic E-state index is 12.6. The number of amides is 2. The number of fused-ring (bicyclic) bond motifs is 1. The zero-order chi connectivity index (χ0) is 18.1. The number of hydrazine groups is 1. The monoisotopic (exact) mass is 366 g/mol. The van der Waals surface area contributed by atoms with Gasteiger partial charge in [0.05, 0.1) is 22.3 Å². The Morgan fingerprint density at radius 3 is 2.65 bits per heavy atom. The first-order valence-corrected chi connectivity index (χ1v) is 9.30. The van der Waals surface area contributed by atoms with E-state index in [1.54, 1.807) is 0 Å². The fourth-order valence-corrected chi connectivity index (χ4v) is 3.80. The number of thiazole rings is 1. The van der Waals surface area contributed by atoms with E-state index in [9.17, 15) is 9.59 Å². The van der Waals surface area contributed by atoms with Gasteiger partial charge in [-0.2, -0.15) is 0 Å². The van der Waals surface area contributed by atoms with Crippen molar-refractivity contribution in [3.8, 4) is 0 Å². The summed E-state index contributed by atoms with van der Waals surface area (Å²) >= 11 is 1.49. The Labute approximate surface area is 154 Å². The maximum Gasteiger partial charge on any atom is 0.253 e. The minimum absolute atomic E-state index is 0.117. The van der Waals surface area contributed by atoms with Crippen molar-refractivity contribution in [2.24, 2.45) is 0 Å². The summed E-state index contributed by atoms with van der Waals surface area (Å²) in [5.41, 5.74) is 8.60. The summed E-state index contributed by atoms with van der Waals surface area (Å²) in [6, 6.07) is 14.7. The van der Waals surface area contributed by atoms with E-state index >= 15 is 0 Å². The first-order chi connectivity index (χ1) is 12.7. The first kappa shape index (κ1) is 16.7. The number of imide groups is 1. The number of para-hydroxylation sites is 1. The van der Waals surface area contributed by atoms with Crippen molar-refractivity contribution in [2.75, 3.05) is 10.3 Å². The van der Waals surface area contributed by atoms with Crippen LogP contribution in [0.3, 0.4) is 0 Å². The molecule has 26 heavy (non-hydrogen) atoms. The van der Waals surface area contributed by atoms with Crippen LogP contribution in [0.5, 0.6) is 0 Å². The predicted octanol–water partition coefficient (Wildman–Crippen LogP) is 3.11. The van der Waals surface area contributed by atoms with Crippen molar-refractivity contribution in [2.45, 2.75) is 25.8 Å². The molecule has 1 aliphatic heterocycles. The standard InChI is InChI=1S/C19H18N4O2S/c1-2-12-7-9-13(10-8-12)23-17(24)11-15(18(23)25)21-22-19-20-14-5-3-4-6-16(14)26-19/h3-10,15,21H,2,11H2,1H3,(H,20,22)/t15-/m1/s1. The Morgan fingerprint density at radius 1 is 1.15 bits per heavy atom. The van der Waals surface area contributed by atoms with Crippen molar-refractivity contribution in [1.82, 2.24) is 10.4 Å². The summed E-state index contributed by atoms with van der Waals surface area (Å²) in [5, 5.41) is 0.664. The van der Waals surface area contributed by atoms with Gasteiger partial charge in [0.2, 0.25) is 5.91 Å². The lowest BCUT2D eigenvalue weighted by atomic mass is 10.1. The van der Waals surface area contributed by atoms with E-state index in [0.717, 1.165) is 16.6 Å². The fraction of sp³-hybridized carbons (Fsp3) is 0.211. The third kappa shape index (κ3) is 3.07. The van der Waals surface area contributed by atoms with Crippen LogP contribution in [0.25, 0.3) is 10.2 Å². The molecule has 1 aliphatic rings. The van der Waals surface area contributed by atoms with Crippen molar-refractivity contribution in [3.63, 3.8) is 0 Å². The lowest BCUT2D eigenvalue weighted by molar-refractivity contribution is -0.121. The molecule has 0 bridgehead atoms. The van der Waals surface area contributed by atoms with Crippen LogP contribution in [0.1, 0.15) is 18.9 Å². The molecule has 1 fully saturated rings. The maximum absolute atomic E-state index is 12.6. The molecule has 1 saturated heterocycles. The highest BCUT2D eigenvalue weighted by Crippen LogP contribution is 2.26. The fourth-order valence-electron chi connectivity index (χ4n) is 2.97. The lowest BCUT2D eigenvalue weighted by Gasteiger charge is -2.16. The van der Waals surface area contributed by atoms with E-state index in [4.69, 9.17) is 0 Å². The molecule has 1 atom stereocenters. The van der Waals surface area contributed by atoms with Gasteiger partial charge in [0, 0.05) is 0 Å². The third-order valence-electron chi connectivity index (χ3n) is 4.40. The number of carbonyl (C=O) groups excluding carboxylic acids is 2. The number of benzene rings is 2. The molecule has 3 aromatic rings. The van der Waals surface area contributed by atoms with Gasteiger partial charge in [0.1, 0.15) is 6.04 Å². The van der Waals surface area contributed by atoms with Crippen LogP contribution in [0, 0.1) is 0 Å². The highest BCUT2D eigenvalue weighted by molar-refractivity contribution is 7.22. The average Bonchev–Trinajstić information content (AvgIpc) is 3.20. The third-order valence-corrected chi connectivity index (χ3v) is 5.35. The molecule has 7 heteroatoms. The van der Waals surface area contributed by atoms with Gasteiger partial charge >= 0.3 is 0 Å². The number of nitrogens with one attached hydrogen (secondary N) is 2. The zero-order valence-electron chi connectivity index (χ0n) is 14.2. The van der Waals surface area contributed by atoms with Crippen LogP contribution in [0.4, 0.5) is 10.8 Å². The Bertz CT molecular complexity index is 934. The second kappa shape index (κ2) is 6.86. The van der Waals surface area contributed by atoms with Crippen molar-refractivity contribution < 1.29 is 9.59 Å². The largest absolute Gasteiger partial charge is 0.296 e. The van der Waals surface area contributed by atoms with Crippen molar-refractivity contribution >= 4 is 44.2 Å². The number of anilines is 2. The van der Waals surface area contributed by atoms with Crippen molar-refractivity contribution in [1.29, 1.82) is 0 Å². The van der Waals surface area contributed by atoms with Gasteiger partial charge in [-0.15, -0.1) is 0 Å². The molecule has 2 heterocycles. The van der Waals surface area contributed by atoms with E-state index in [1.807, 2.05) is 48.5 Å². The van der Waals surface area contributed by atoms with Gasteiger partial charge < -0.3 is 0 Å². The van der Waals surface area contributed by atoms with Gasteiger partial charge in [-0.25, -0.2) is 15.3 Å². The molecule has 4 rings (SSSR count). The molecule has 0 spiro atoms. The van der Waals surface area contributed by atoms with Gasteiger partial charge in [0.25, 0.3) is 5.91 Å². The minimum atomic E-state index is -0.611.